The van der Waals surface area contributed by atoms with Gasteiger partial charge in [-0.25, -0.2) is 0 Å². The van der Waals surface area contributed by atoms with E-state index in [2.05, 4.69) is 146 Å². The van der Waals surface area contributed by atoms with Crippen molar-refractivity contribution in [2.24, 2.45) is 0 Å². The summed E-state index contributed by atoms with van der Waals surface area (Å²) in [5.74, 6) is 0. The fourth-order valence-corrected chi connectivity index (χ4v) is 6.67. The van der Waals surface area contributed by atoms with Gasteiger partial charge in [-0.05, 0) is 101 Å². The van der Waals surface area contributed by atoms with Crippen molar-refractivity contribution >= 4 is 53.9 Å². The second-order valence-corrected chi connectivity index (χ2v) is 10.5. The van der Waals surface area contributed by atoms with Crippen molar-refractivity contribution < 1.29 is 0 Å². The summed E-state index contributed by atoms with van der Waals surface area (Å²) in [7, 11) is 0. The largest absolute Gasteiger partial charge is 0.0622 e. The molecule has 8 aromatic carbocycles. The molecule has 0 saturated carbocycles. The van der Waals surface area contributed by atoms with Crippen molar-refractivity contribution in [1.29, 1.82) is 0 Å². The van der Waals surface area contributed by atoms with Crippen molar-refractivity contribution in [1.82, 2.24) is 0 Å². The van der Waals surface area contributed by atoms with Gasteiger partial charge in [0.2, 0.25) is 0 Å². The topological polar surface area (TPSA) is 0 Å². The Morgan fingerprint density at radius 1 is 0.333 bits per heavy atom. The Kier molecular flexibility index (Phi) is 4.84. The summed E-state index contributed by atoms with van der Waals surface area (Å²) < 4.78 is 0. The van der Waals surface area contributed by atoms with Crippen LogP contribution in [-0.4, -0.2) is 0 Å². The van der Waals surface area contributed by atoms with Crippen LogP contribution in [0.4, 0.5) is 0 Å². The number of benzene rings is 8. The number of hydrogen-bond donors (Lipinski definition) is 0. The summed E-state index contributed by atoms with van der Waals surface area (Å²) in [6.45, 7) is 2.26. The Balaban J connectivity index is 1.64. The normalized spacial score (nSPS) is 11.7. The Morgan fingerprint density at radius 3 is 1.51 bits per heavy atom. The van der Waals surface area contributed by atoms with E-state index >= 15 is 0 Å². The Bertz CT molecular complexity index is 2160. The van der Waals surface area contributed by atoms with Gasteiger partial charge < -0.3 is 0 Å². The molecule has 0 saturated heterocycles. The SMILES string of the molecule is Cc1c2ccccc2c(-c2cc3c(-c4ccccc4)c4ccccc4cc3c3ccccc23)c2ccccc12. The molecule has 0 N–H and O–H groups in total. The zero-order valence-corrected chi connectivity index (χ0v) is 21.8. The molecule has 8 rings (SSSR count). The molecule has 0 unspecified atom stereocenters. The zero-order chi connectivity index (χ0) is 25.9. The van der Waals surface area contributed by atoms with E-state index in [1.807, 2.05) is 0 Å². The number of fused-ring (bicyclic) bond motifs is 6. The van der Waals surface area contributed by atoms with Gasteiger partial charge in [0, 0.05) is 0 Å². The van der Waals surface area contributed by atoms with Gasteiger partial charge in [0.1, 0.15) is 0 Å². The molecule has 0 amide bonds. The van der Waals surface area contributed by atoms with Crippen LogP contribution in [0.15, 0.2) is 140 Å². The molecule has 39 heavy (non-hydrogen) atoms. The maximum absolute atomic E-state index is 2.47. The highest BCUT2D eigenvalue weighted by molar-refractivity contribution is 6.26. The maximum Gasteiger partial charge on any atom is -0.00202 e. The predicted octanol–water partition coefficient (Wildman–Crippen LogP) is 11.1. The molecule has 8 aromatic rings. The van der Waals surface area contributed by atoms with E-state index in [1.54, 1.807) is 0 Å². The maximum atomic E-state index is 2.47. The first-order chi connectivity index (χ1) is 19.3. The third-order valence-electron chi connectivity index (χ3n) is 8.42. The van der Waals surface area contributed by atoms with Crippen molar-refractivity contribution in [3.63, 3.8) is 0 Å². The minimum Gasteiger partial charge on any atom is -0.0622 e. The van der Waals surface area contributed by atoms with Crippen LogP contribution in [0.2, 0.25) is 0 Å². The van der Waals surface area contributed by atoms with Gasteiger partial charge in [-0.15, -0.1) is 0 Å². The average Bonchev–Trinajstić information content (AvgIpc) is 3.01. The third-order valence-corrected chi connectivity index (χ3v) is 8.42. The quantitative estimate of drug-likeness (QED) is 0.166. The lowest BCUT2D eigenvalue weighted by atomic mass is 9.83. The summed E-state index contributed by atoms with van der Waals surface area (Å²) in [6, 6.07) is 51.3. The lowest BCUT2D eigenvalue weighted by Crippen LogP contribution is -1.93. The first kappa shape index (κ1) is 22.1. The second kappa shape index (κ2) is 8.55. The van der Waals surface area contributed by atoms with Crippen LogP contribution in [0.25, 0.3) is 76.1 Å². The Hall–Kier alpha value is -4.94. The third kappa shape index (κ3) is 3.25. The van der Waals surface area contributed by atoms with E-state index in [0.29, 0.717) is 0 Å². The van der Waals surface area contributed by atoms with Gasteiger partial charge in [-0.2, -0.15) is 0 Å². The van der Waals surface area contributed by atoms with Gasteiger partial charge in [0.15, 0.2) is 0 Å². The van der Waals surface area contributed by atoms with E-state index in [-0.39, 0.29) is 0 Å². The minimum atomic E-state index is 1.25. The molecule has 182 valence electrons. The molecule has 0 spiro atoms. The van der Waals surface area contributed by atoms with Crippen LogP contribution < -0.4 is 0 Å². The van der Waals surface area contributed by atoms with Crippen LogP contribution in [-0.2, 0) is 0 Å². The molecule has 0 radical (unpaired) electrons. The smallest absolute Gasteiger partial charge is 0.00202 e. The zero-order valence-electron chi connectivity index (χ0n) is 21.8. The number of rotatable bonds is 2. The van der Waals surface area contributed by atoms with Crippen molar-refractivity contribution in [2.75, 3.05) is 0 Å². The number of hydrogen-bond acceptors (Lipinski definition) is 0. The first-order valence-electron chi connectivity index (χ1n) is 13.6. The molecule has 0 nitrogen and oxygen atoms in total. The standard InChI is InChI=1S/C39H26/c1-25-28-16-7-11-21-33(28)39(34-22-12-8-17-29(25)34)36-24-37-35(31-19-9-10-20-32(31)36)23-27-15-5-6-18-30(27)38(37)26-13-3-2-4-14-26/h2-24H,1H3. The highest BCUT2D eigenvalue weighted by atomic mass is 14.2. The first-order valence-corrected chi connectivity index (χ1v) is 13.6. The van der Waals surface area contributed by atoms with E-state index in [0.717, 1.165) is 0 Å². The average molecular weight is 495 g/mol. The molecule has 0 bridgehead atoms. The van der Waals surface area contributed by atoms with Gasteiger partial charge in [-0.1, -0.05) is 127 Å². The second-order valence-electron chi connectivity index (χ2n) is 10.5. The monoisotopic (exact) mass is 494 g/mol. The lowest BCUT2D eigenvalue weighted by molar-refractivity contribution is 1.58. The predicted molar refractivity (Wildman–Crippen MR) is 170 cm³/mol. The van der Waals surface area contributed by atoms with Crippen LogP contribution in [0, 0.1) is 6.92 Å². The van der Waals surface area contributed by atoms with Crippen LogP contribution in [0.1, 0.15) is 5.56 Å². The van der Waals surface area contributed by atoms with Crippen molar-refractivity contribution in [3.05, 3.63) is 145 Å². The van der Waals surface area contributed by atoms with Crippen molar-refractivity contribution in [2.45, 2.75) is 6.92 Å². The minimum absolute atomic E-state index is 1.25. The summed E-state index contributed by atoms with van der Waals surface area (Å²) in [5.41, 5.74) is 6.50. The molecule has 0 heterocycles. The van der Waals surface area contributed by atoms with Crippen LogP contribution >= 0.6 is 0 Å². The van der Waals surface area contributed by atoms with E-state index in [4.69, 9.17) is 0 Å². The molecule has 0 aliphatic rings. The highest BCUT2D eigenvalue weighted by Crippen LogP contribution is 2.46. The van der Waals surface area contributed by atoms with Gasteiger partial charge in [0.05, 0.1) is 0 Å². The van der Waals surface area contributed by atoms with Gasteiger partial charge in [0.25, 0.3) is 0 Å². The molecular formula is C39H26. The van der Waals surface area contributed by atoms with E-state index in [1.165, 1.54) is 81.7 Å². The fraction of sp³-hybridized carbons (Fsp3) is 0.0256. The molecule has 0 aromatic heterocycles. The highest BCUT2D eigenvalue weighted by Gasteiger charge is 2.19. The molecular weight excluding hydrogens is 468 g/mol. The Labute approximate surface area is 227 Å². The summed E-state index contributed by atoms with van der Waals surface area (Å²) in [5, 5.41) is 13.0. The molecule has 0 heteroatoms. The Morgan fingerprint density at radius 2 is 0.846 bits per heavy atom. The molecule has 0 aliphatic carbocycles. The van der Waals surface area contributed by atoms with E-state index < -0.39 is 0 Å². The summed E-state index contributed by atoms with van der Waals surface area (Å²) in [6.07, 6.45) is 0. The van der Waals surface area contributed by atoms with Crippen LogP contribution in [0.5, 0.6) is 0 Å². The van der Waals surface area contributed by atoms with Gasteiger partial charge >= 0.3 is 0 Å². The summed E-state index contributed by atoms with van der Waals surface area (Å²) in [4.78, 5) is 0. The molecule has 0 aliphatic heterocycles. The molecule has 0 fully saturated rings. The fourth-order valence-electron chi connectivity index (χ4n) is 6.67. The van der Waals surface area contributed by atoms with E-state index in [9.17, 15) is 0 Å². The van der Waals surface area contributed by atoms with Gasteiger partial charge in [-0.3, -0.25) is 0 Å². The number of aryl methyl sites for hydroxylation is 1. The lowest BCUT2D eigenvalue weighted by Gasteiger charge is -2.20. The summed E-state index contributed by atoms with van der Waals surface area (Å²) >= 11 is 0. The van der Waals surface area contributed by atoms with Crippen molar-refractivity contribution in [3.8, 4) is 22.3 Å². The molecule has 0 atom stereocenters. The van der Waals surface area contributed by atoms with Crippen LogP contribution in [0.3, 0.4) is 0 Å².